The molecule has 1 atom stereocenters. The fourth-order valence-electron chi connectivity index (χ4n) is 4.53. The van der Waals surface area contributed by atoms with Crippen molar-refractivity contribution in [1.82, 2.24) is 10.2 Å². The van der Waals surface area contributed by atoms with Crippen molar-refractivity contribution in [2.45, 2.75) is 44.2 Å². The standard InChI is InChI=1S/C31H36FN3O7S/c1-4-5-15-33-31(37)22(2)34(20-23-7-6-8-26(18-23)40-3)30(36)21-35(25-11-9-24(32)10-12-25)43(38,39)27-13-14-28-29(19-27)42-17-16-41-28/h6-14,18-19,22H,4-5,15-17,20-21H2,1-3H3,(H,33,37)/t22-/m0/s1. The third kappa shape index (κ3) is 7.75. The largest absolute Gasteiger partial charge is 0.497 e. The number of ether oxygens (including phenoxy) is 3. The van der Waals surface area contributed by atoms with E-state index in [9.17, 15) is 22.4 Å². The maximum absolute atomic E-state index is 14.1. The second-order valence-electron chi connectivity index (χ2n) is 9.99. The van der Waals surface area contributed by atoms with Gasteiger partial charge in [0.1, 0.15) is 37.4 Å². The number of methoxy groups -OCH3 is 1. The Morgan fingerprint density at radius 3 is 2.44 bits per heavy atom. The number of carbonyl (C=O) groups is 2. The zero-order valence-corrected chi connectivity index (χ0v) is 25.2. The molecule has 0 spiro atoms. The van der Waals surface area contributed by atoms with Gasteiger partial charge in [0.25, 0.3) is 10.0 Å². The average molecular weight is 614 g/mol. The van der Waals surface area contributed by atoms with Crippen LogP contribution in [0.25, 0.3) is 0 Å². The van der Waals surface area contributed by atoms with Crippen molar-refractivity contribution in [2.24, 2.45) is 0 Å². The second kappa shape index (κ2) is 14.2. The smallest absolute Gasteiger partial charge is 0.264 e. The van der Waals surface area contributed by atoms with Crippen molar-refractivity contribution in [2.75, 3.05) is 37.7 Å². The van der Waals surface area contributed by atoms with Crippen LogP contribution in [-0.4, -0.2) is 64.6 Å². The summed E-state index contributed by atoms with van der Waals surface area (Å²) in [5, 5.41) is 2.85. The molecule has 0 unspecified atom stereocenters. The number of fused-ring (bicyclic) bond motifs is 1. The molecule has 1 aliphatic heterocycles. The summed E-state index contributed by atoms with van der Waals surface area (Å²) in [6, 6.07) is 15.1. The van der Waals surface area contributed by atoms with Crippen molar-refractivity contribution >= 4 is 27.5 Å². The highest BCUT2D eigenvalue weighted by atomic mass is 32.2. The molecule has 0 aliphatic carbocycles. The normalized spacial score (nSPS) is 13.1. The number of rotatable bonds is 13. The summed E-state index contributed by atoms with van der Waals surface area (Å²) >= 11 is 0. The molecule has 0 saturated carbocycles. The maximum Gasteiger partial charge on any atom is 0.264 e. The highest BCUT2D eigenvalue weighted by molar-refractivity contribution is 7.92. The first kappa shape index (κ1) is 31.6. The van der Waals surface area contributed by atoms with Gasteiger partial charge in [-0.2, -0.15) is 0 Å². The second-order valence-corrected chi connectivity index (χ2v) is 11.8. The van der Waals surface area contributed by atoms with Crippen LogP contribution in [0.5, 0.6) is 17.2 Å². The predicted octanol–water partition coefficient (Wildman–Crippen LogP) is 4.13. The van der Waals surface area contributed by atoms with Crippen molar-refractivity contribution in [3.05, 3.63) is 78.1 Å². The van der Waals surface area contributed by atoms with Crippen molar-refractivity contribution in [3.8, 4) is 17.2 Å². The Morgan fingerprint density at radius 2 is 1.74 bits per heavy atom. The van der Waals surface area contributed by atoms with Crippen LogP contribution in [0.4, 0.5) is 10.1 Å². The van der Waals surface area contributed by atoms with Gasteiger partial charge in [-0.1, -0.05) is 25.5 Å². The summed E-state index contributed by atoms with van der Waals surface area (Å²) in [4.78, 5) is 28.3. The fourth-order valence-corrected chi connectivity index (χ4v) is 5.96. The molecule has 0 aromatic heterocycles. The molecule has 230 valence electrons. The molecule has 0 radical (unpaired) electrons. The molecule has 0 saturated heterocycles. The molecule has 3 aromatic carbocycles. The number of unbranched alkanes of at least 4 members (excludes halogenated alkanes) is 1. The summed E-state index contributed by atoms with van der Waals surface area (Å²) in [5.41, 5.74) is 0.759. The summed E-state index contributed by atoms with van der Waals surface area (Å²) < 4.78 is 59.3. The Labute approximate surface area is 251 Å². The lowest BCUT2D eigenvalue weighted by molar-refractivity contribution is -0.139. The molecular formula is C31H36FN3O7S. The third-order valence-electron chi connectivity index (χ3n) is 6.98. The topological polar surface area (TPSA) is 114 Å². The van der Waals surface area contributed by atoms with Crippen LogP contribution in [0.3, 0.4) is 0 Å². The molecule has 0 bridgehead atoms. The first-order valence-corrected chi connectivity index (χ1v) is 15.5. The zero-order chi connectivity index (χ0) is 31.0. The van der Waals surface area contributed by atoms with Crippen LogP contribution in [0.15, 0.2) is 71.6 Å². The number of hydrogen-bond acceptors (Lipinski definition) is 7. The van der Waals surface area contributed by atoms with Gasteiger partial charge in [0.2, 0.25) is 11.8 Å². The van der Waals surface area contributed by atoms with Gasteiger partial charge < -0.3 is 24.4 Å². The van der Waals surface area contributed by atoms with Gasteiger partial charge in [-0.25, -0.2) is 12.8 Å². The molecule has 12 heteroatoms. The van der Waals surface area contributed by atoms with Crippen LogP contribution in [-0.2, 0) is 26.2 Å². The monoisotopic (exact) mass is 613 g/mol. The van der Waals surface area contributed by atoms with E-state index in [-0.39, 0.29) is 35.4 Å². The van der Waals surface area contributed by atoms with E-state index in [0.29, 0.717) is 30.2 Å². The number of anilines is 1. The van der Waals surface area contributed by atoms with Gasteiger partial charge in [-0.15, -0.1) is 0 Å². The van der Waals surface area contributed by atoms with Crippen molar-refractivity contribution in [1.29, 1.82) is 0 Å². The molecule has 1 aliphatic rings. The maximum atomic E-state index is 14.1. The van der Waals surface area contributed by atoms with E-state index in [4.69, 9.17) is 14.2 Å². The lowest BCUT2D eigenvalue weighted by Crippen LogP contribution is -2.51. The Kier molecular flexibility index (Phi) is 10.5. The SMILES string of the molecule is CCCCNC(=O)[C@H](C)N(Cc1cccc(OC)c1)C(=O)CN(c1ccc(F)cc1)S(=O)(=O)c1ccc2c(c1)OCCO2. The van der Waals surface area contributed by atoms with E-state index in [1.54, 1.807) is 31.2 Å². The highest BCUT2D eigenvalue weighted by Gasteiger charge is 2.33. The van der Waals surface area contributed by atoms with Gasteiger partial charge in [0.05, 0.1) is 17.7 Å². The third-order valence-corrected chi connectivity index (χ3v) is 8.75. The fraction of sp³-hybridized carbons (Fsp3) is 0.355. The first-order chi connectivity index (χ1) is 20.6. The number of nitrogens with one attached hydrogen (secondary N) is 1. The first-order valence-electron chi connectivity index (χ1n) is 14.0. The molecule has 0 fully saturated rings. The van der Waals surface area contributed by atoms with Crippen LogP contribution < -0.4 is 23.8 Å². The molecule has 1 N–H and O–H groups in total. The van der Waals surface area contributed by atoms with Crippen molar-refractivity contribution < 1.29 is 36.6 Å². The minimum absolute atomic E-state index is 0.0136. The van der Waals surface area contributed by atoms with Gasteiger partial charge in [-0.05, 0) is 67.4 Å². The van der Waals surface area contributed by atoms with E-state index in [1.165, 1.54) is 42.3 Å². The Bertz CT molecular complexity index is 1530. The van der Waals surface area contributed by atoms with E-state index in [0.717, 1.165) is 29.3 Å². The predicted molar refractivity (Wildman–Crippen MR) is 159 cm³/mol. The number of sulfonamides is 1. The number of carbonyl (C=O) groups excluding carboxylic acids is 2. The highest BCUT2D eigenvalue weighted by Crippen LogP contribution is 2.34. The minimum Gasteiger partial charge on any atom is -0.497 e. The number of hydrogen-bond donors (Lipinski definition) is 1. The Hall–Kier alpha value is -4.32. The van der Waals surface area contributed by atoms with E-state index in [1.807, 2.05) is 6.92 Å². The number of amides is 2. The summed E-state index contributed by atoms with van der Waals surface area (Å²) in [6.45, 7) is 3.99. The zero-order valence-electron chi connectivity index (χ0n) is 24.4. The van der Waals surface area contributed by atoms with Crippen LogP contribution in [0.2, 0.25) is 0 Å². The van der Waals surface area contributed by atoms with E-state index in [2.05, 4.69) is 5.32 Å². The molecule has 2 amide bonds. The van der Waals surface area contributed by atoms with Crippen LogP contribution in [0, 0.1) is 5.82 Å². The van der Waals surface area contributed by atoms with Gasteiger partial charge >= 0.3 is 0 Å². The van der Waals surface area contributed by atoms with Gasteiger partial charge in [-0.3, -0.25) is 13.9 Å². The summed E-state index contributed by atoms with van der Waals surface area (Å²) in [6.07, 6.45) is 1.65. The van der Waals surface area contributed by atoms with E-state index >= 15 is 0 Å². The van der Waals surface area contributed by atoms with Crippen LogP contribution >= 0.6 is 0 Å². The van der Waals surface area contributed by atoms with E-state index < -0.39 is 34.3 Å². The molecule has 3 aromatic rings. The van der Waals surface area contributed by atoms with Crippen molar-refractivity contribution in [3.63, 3.8) is 0 Å². The molecule has 4 rings (SSSR count). The summed E-state index contributed by atoms with van der Waals surface area (Å²) in [7, 11) is -2.85. The minimum atomic E-state index is -4.37. The Morgan fingerprint density at radius 1 is 1.02 bits per heavy atom. The van der Waals surface area contributed by atoms with Gasteiger partial charge in [0.15, 0.2) is 11.5 Å². The lowest BCUT2D eigenvalue weighted by atomic mass is 10.1. The quantitative estimate of drug-likeness (QED) is 0.288. The average Bonchev–Trinajstić information content (AvgIpc) is 3.02. The van der Waals surface area contributed by atoms with Gasteiger partial charge in [0, 0.05) is 19.2 Å². The molecule has 1 heterocycles. The molecular weight excluding hydrogens is 577 g/mol. The summed E-state index contributed by atoms with van der Waals surface area (Å²) in [5.74, 6) is -0.335. The Balaban J connectivity index is 1.70. The number of halogens is 1. The molecule has 43 heavy (non-hydrogen) atoms. The number of benzene rings is 3. The van der Waals surface area contributed by atoms with Crippen LogP contribution in [0.1, 0.15) is 32.3 Å². The lowest BCUT2D eigenvalue weighted by Gasteiger charge is -2.32. The number of nitrogens with zero attached hydrogens (tertiary/aromatic N) is 2. The molecule has 10 nitrogen and oxygen atoms in total.